The second-order valence-corrected chi connectivity index (χ2v) is 5.87. The smallest absolute Gasteiger partial charge is 0.262 e. The fourth-order valence-electron chi connectivity index (χ4n) is 2.47. The van der Waals surface area contributed by atoms with Gasteiger partial charge in [0.15, 0.2) is 6.61 Å². The van der Waals surface area contributed by atoms with Crippen LogP contribution in [0, 0.1) is 0 Å². The number of nitrogens with zero attached hydrogens (tertiary/aromatic N) is 1. The molecule has 0 spiro atoms. The van der Waals surface area contributed by atoms with E-state index in [1.54, 1.807) is 32.2 Å². The lowest BCUT2D eigenvalue weighted by Crippen LogP contribution is -2.27. The molecule has 2 amide bonds. The zero-order valence-electron chi connectivity index (χ0n) is 15.0. The van der Waals surface area contributed by atoms with E-state index in [0.29, 0.717) is 22.9 Å². The number of nitrogens with one attached hydrogen (secondary N) is 3. The summed E-state index contributed by atoms with van der Waals surface area (Å²) in [6.07, 6.45) is 0. The molecule has 1 heterocycles. The SMILES string of the molecule is COc1cccc(NCC(=O)N/N=C(/C)c2ccc3c(c2)NC(=O)CO3)c1. The molecule has 0 saturated heterocycles. The minimum Gasteiger partial charge on any atom is -0.497 e. The average molecular weight is 368 g/mol. The third kappa shape index (κ3) is 4.75. The second kappa shape index (κ2) is 8.22. The molecule has 0 unspecified atom stereocenters. The van der Waals surface area contributed by atoms with Crippen LogP contribution in [0.3, 0.4) is 0 Å². The van der Waals surface area contributed by atoms with Crippen molar-refractivity contribution in [2.75, 3.05) is 30.9 Å². The molecule has 1 aliphatic rings. The quantitative estimate of drug-likeness (QED) is 0.535. The first-order chi connectivity index (χ1) is 13.0. The van der Waals surface area contributed by atoms with Gasteiger partial charge < -0.3 is 20.1 Å². The van der Waals surface area contributed by atoms with E-state index in [-0.39, 0.29) is 25.0 Å². The molecule has 8 nitrogen and oxygen atoms in total. The lowest BCUT2D eigenvalue weighted by molar-refractivity contribution is -0.119. The Kier molecular flexibility index (Phi) is 5.55. The maximum atomic E-state index is 12.0. The number of hydrogen-bond donors (Lipinski definition) is 3. The van der Waals surface area contributed by atoms with Crippen molar-refractivity contribution in [1.82, 2.24) is 5.43 Å². The Morgan fingerprint density at radius 2 is 2.15 bits per heavy atom. The highest BCUT2D eigenvalue weighted by molar-refractivity contribution is 6.02. The number of fused-ring (bicyclic) bond motifs is 1. The minimum absolute atomic E-state index is 0.00969. The number of hydrazone groups is 1. The van der Waals surface area contributed by atoms with Gasteiger partial charge in [-0.1, -0.05) is 6.07 Å². The summed E-state index contributed by atoms with van der Waals surface area (Å²) in [5.74, 6) is 0.827. The first kappa shape index (κ1) is 18.2. The predicted molar refractivity (Wildman–Crippen MR) is 102 cm³/mol. The number of carbonyl (C=O) groups excluding carboxylic acids is 2. The predicted octanol–water partition coefficient (Wildman–Crippen LogP) is 1.98. The Bertz CT molecular complexity index is 895. The first-order valence-corrected chi connectivity index (χ1v) is 8.33. The minimum atomic E-state index is -0.285. The number of carbonyl (C=O) groups is 2. The van der Waals surface area contributed by atoms with Crippen molar-refractivity contribution in [2.24, 2.45) is 5.10 Å². The molecule has 1 aliphatic heterocycles. The summed E-state index contributed by atoms with van der Waals surface area (Å²) in [5, 5.41) is 9.85. The molecular formula is C19H20N4O4. The lowest BCUT2D eigenvalue weighted by atomic mass is 10.1. The fraction of sp³-hybridized carbons (Fsp3) is 0.211. The van der Waals surface area contributed by atoms with Crippen LogP contribution in [0.15, 0.2) is 47.6 Å². The van der Waals surface area contributed by atoms with Crippen LogP contribution >= 0.6 is 0 Å². The maximum Gasteiger partial charge on any atom is 0.262 e. The third-order valence-corrected chi connectivity index (χ3v) is 3.90. The van der Waals surface area contributed by atoms with Crippen LogP contribution < -0.4 is 25.5 Å². The highest BCUT2D eigenvalue weighted by Crippen LogP contribution is 2.28. The zero-order valence-corrected chi connectivity index (χ0v) is 15.0. The molecule has 0 fully saturated rings. The van der Waals surface area contributed by atoms with E-state index in [1.807, 2.05) is 24.3 Å². The van der Waals surface area contributed by atoms with Crippen molar-refractivity contribution in [1.29, 1.82) is 0 Å². The van der Waals surface area contributed by atoms with Crippen LogP contribution in [-0.4, -0.2) is 37.8 Å². The third-order valence-electron chi connectivity index (χ3n) is 3.90. The molecule has 8 heteroatoms. The number of ether oxygens (including phenoxy) is 2. The van der Waals surface area contributed by atoms with E-state index in [1.165, 1.54) is 0 Å². The molecule has 2 aromatic rings. The van der Waals surface area contributed by atoms with E-state index in [9.17, 15) is 9.59 Å². The molecule has 0 aliphatic carbocycles. The van der Waals surface area contributed by atoms with Gasteiger partial charge in [-0.2, -0.15) is 5.10 Å². The summed E-state index contributed by atoms with van der Waals surface area (Å²) in [4.78, 5) is 23.4. The summed E-state index contributed by atoms with van der Waals surface area (Å²) in [7, 11) is 1.58. The van der Waals surface area contributed by atoms with Gasteiger partial charge in [0.1, 0.15) is 11.5 Å². The number of amides is 2. The summed E-state index contributed by atoms with van der Waals surface area (Å²) in [5.41, 5.74) is 5.23. The topological polar surface area (TPSA) is 101 Å². The van der Waals surface area contributed by atoms with Crippen LogP contribution in [0.25, 0.3) is 0 Å². The largest absolute Gasteiger partial charge is 0.497 e. The number of hydrogen-bond acceptors (Lipinski definition) is 6. The summed E-state index contributed by atoms with van der Waals surface area (Å²) < 4.78 is 10.5. The van der Waals surface area contributed by atoms with Crippen molar-refractivity contribution in [2.45, 2.75) is 6.92 Å². The number of methoxy groups -OCH3 is 1. The van der Waals surface area contributed by atoms with Crippen molar-refractivity contribution >= 4 is 28.9 Å². The number of benzene rings is 2. The van der Waals surface area contributed by atoms with Crippen LogP contribution in [-0.2, 0) is 9.59 Å². The van der Waals surface area contributed by atoms with Gasteiger partial charge in [0, 0.05) is 11.8 Å². The number of anilines is 2. The van der Waals surface area contributed by atoms with Crippen molar-refractivity contribution < 1.29 is 19.1 Å². The van der Waals surface area contributed by atoms with E-state index >= 15 is 0 Å². The van der Waals surface area contributed by atoms with Crippen molar-refractivity contribution in [3.63, 3.8) is 0 Å². The number of rotatable bonds is 6. The molecule has 3 N–H and O–H groups in total. The molecule has 3 rings (SSSR count). The Morgan fingerprint density at radius 1 is 1.30 bits per heavy atom. The maximum absolute atomic E-state index is 12.0. The molecule has 0 saturated carbocycles. The van der Waals surface area contributed by atoms with Gasteiger partial charge in [0.2, 0.25) is 0 Å². The van der Waals surface area contributed by atoms with Gasteiger partial charge in [0.25, 0.3) is 11.8 Å². The average Bonchev–Trinajstić information content (AvgIpc) is 2.70. The van der Waals surface area contributed by atoms with Crippen molar-refractivity contribution in [3.05, 3.63) is 48.0 Å². The fourth-order valence-corrected chi connectivity index (χ4v) is 2.47. The zero-order chi connectivity index (χ0) is 19.2. The molecule has 0 atom stereocenters. The Morgan fingerprint density at radius 3 is 2.96 bits per heavy atom. The summed E-state index contributed by atoms with van der Waals surface area (Å²) in [6, 6.07) is 12.6. The van der Waals surface area contributed by atoms with Gasteiger partial charge in [-0.15, -0.1) is 0 Å². The highest BCUT2D eigenvalue weighted by atomic mass is 16.5. The standard InChI is InChI=1S/C19H20N4O4/c1-12(13-6-7-17-16(8-13)21-19(25)11-27-17)22-23-18(24)10-20-14-4-3-5-15(9-14)26-2/h3-9,20H,10-11H2,1-2H3,(H,21,25)(H,23,24)/b22-12-. The molecule has 0 aromatic heterocycles. The van der Waals surface area contributed by atoms with E-state index in [0.717, 1.165) is 11.3 Å². The second-order valence-electron chi connectivity index (χ2n) is 5.87. The Balaban J connectivity index is 1.57. The molecule has 140 valence electrons. The van der Waals surface area contributed by atoms with Gasteiger partial charge in [-0.05, 0) is 42.8 Å². The van der Waals surface area contributed by atoms with Crippen LogP contribution in [0.5, 0.6) is 11.5 Å². The van der Waals surface area contributed by atoms with Crippen LogP contribution in [0.2, 0.25) is 0 Å². The van der Waals surface area contributed by atoms with Crippen molar-refractivity contribution in [3.8, 4) is 11.5 Å². The highest BCUT2D eigenvalue weighted by Gasteiger charge is 2.16. The molecule has 0 bridgehead atoms. The van der Waals surface area contributed by atoms with E-state index in [2.05, 4.69) is 21.2 Å². The first-order valence-electron chi connectivity index (χ1n) is 8.33. The van der Waals surface area contributed by atoms with Gasteiger partial charge in [-0.3, -0.25) is 9.59 Å². The molecule has 2 aromatic carbocycles. The van der Waals surface area contributed by atoms with Gasteiger partial charge in [0.05, 0.1) is 25.1 Å². The van der Waals surface area contributed by atoms with Crippen LogP contribution in [0.1, 0.15) is 12.5 Å². The summed E-state index contributed by atoms with van der Waals surface area (Å²) in [6.45, 7) is 1.84. The van der Waals surface area contributed by atoms with Gasteiger partial charge >= 0.3 is 0 Å². The normalized spacial score (nSPS) is 13.1. The van der Waals surface area contributed by atoms with Gasteiger partial charge in [-0.25, -0.2) is 5.43 Å². The molecule has 0 radical (unpaired) electrons. The van der Waals surface area contributed by atoms with Crippen LogP contribution in [0.4, 0.5) is 11.4 Å². The van der Waals surface area contributed by atoms with E-state index < -0.39 is 0 Å². The summed E-state index contributed by atoms with van der Waals surface area (Å²) >= 11 is 0. The molecule has 27 heavy (non-hydrogen) atoms. The molecular weight excluding hydrogens is 348 g/mol. The Labute approximate surface area is 156 Å². The van der Waals surface area contributed by atoms with E-state index in [4.69, 9.17) is 9.47 Å². The lowest BCUT2D eigenvalue weighted by Gasteiger charge is -2.18. The Hall–Kier alpha value is -3.55. The monoisotopic (exact) mass is 368 g/mol.